The van der Waals surface area contributed by atoms with Gasteiger partial charge in [0.25, 0.3) is 6.47 Å². The maximum atomic E-state index is 11.8. The molecule has 190 valence electrons. The standard InChI is InChI=1S/C28H48O5/c1-3-4-5-6-23-7-9-24(10-8-23)11-12-25-13-15-26(16-14-25)17-27(19-32-21-30)20-33-28(31)22(2)18-29/h21,23-27,29H,2-20H2,1H3. The lowest BCUT2D eigenvalue weighted by Gasteiger charge is -2.33. The Morgan fingerprint density at radius 3 is 1.97 bits per heavy atom. The van der Waals surface area contributed by atoms with Crippen molar-refractivity contribution in [2.75, 3.05) is 19.8 Å². The van der Waals surface area contributed by atoms with Crippen molar-refractivity contribution in [3.05, 3.63) is 12.2 Å². The van der Waals surface area contributed by atoms with Crippen LogP contribution in [0.3, 0.4) is 0 Å². The third-order valence-electron chi connectivity index (χ3n) is 8.13. The van der Waals surface area contributed by atoms with Gasteiger partial charge in [-0.2, -0.15) is 0 Å². The van der Waals surface area contributed by atoms with Gasteiger partial charge in [-0.15, -0.1) is 0 Å². The predicted molar refractivity (Wildman–Crippen MR) is 132 cm³/mol. The summed E-state index contributed by atoms with van der Waals surface area (Å²) in [5.41, 5.74) is 0.0514. The first-order valence-corrected chi connectivity index (χ1v) is 13.6. The maximum Gasteiger partial charge on any atom is 0.335 e. The first kappa shape index (κ1) is 27.9. The molecule has 33 heavy (non-hydrogen) atoms. The van der Waals surface area contributed by atoms with E-state index in [1.54, 1.807) is 0 Å². The highest BCUT2D eigenvalue weighted by atomic mass is 16.5. The molecule has 0 radical (unpaired) electrons. The minimum absolute atomic E-state index is 0.000274. The molecule has 2 aliphatic rings. The minimum Gasteiger partial charge on any atom is -0.467 e. The Hall–Kier alpha value is -1.36. The maximum absolute atomic E-state index is 11.8. The highest BCUT2D eigenvalue weighted by Gasteiger charge is 2.27. The molecule has 1 unspecified atom stereocenters. The van der Waals surface area contributed by atoms with Crippen LogP contribution in [0, 0.1) is 29.6 Å². The summed E-state index contributed by atoms with van der Waals surface area (Å²) >= 11 is 0. The third-order valence-corrected chi connectivity index (χ3v) is 8.13. The van der Waals surface area contributed by atoms with Crippen molar-refractivity contribution in [3.63, 3.8) is 0 Å². The summed E-state index contributed by atoms with van der Waals surface area (Å²) in [6.07, 6.45) is 20.1. The molecule has 2 aliphatic carbocycles. The van der Waals surface area contributed by atoms with E-state index in [4.69, 9.17) is 14.6 Å². The number of hydrogen-bond acceptors (Lipinski definition) is 5. The van der Waals surface area contributed by atoms with Gasteiger partial charge in [-0.25, -0.2) is 4.79 Å². The second kappa shape index (κ2) is 16.3. The zero-order chi connectivity index (χ0) is 23.9. The molecule has 1 N–H and O–H groups in total. The van der Waals surface area contributed by atoms with Crippen LogP contribution in [0.4, 0.5) is 0 Å². The number of aliphatic hydroxyl groups excluding tert-OH is 1. The van der Waals surface area contributed by atoms with Gasteiger partial charge in [0.2, 0.25) is 0 Å². The van der Waals surface area contributed by atoms with Crippen LogP contribution in [-0.2, 0) is 19.1 Å². The van der Waals surface area contributed by atoms with Crippen LogP contribution < -0.4 is 0 Å². The third kappa shape index (κ3) is 11.1. The van der Waals surface area contributed by atoms with Gasteiger partial charge in [-0.1, -0.05) is 103 Å². The molecule has 0 aliphatic heterocycles. The number of rotatable bonds is 16. The minimum atomic E-state index is -0.577. The second-order valence-electron chi connectivity index (χ2n) is 10.7. The highest BCUT2D eigenvalue weighted by Crippen LogP contribution is 2.39. The van der Waals surface area contributed by atoms with Crippen molar-refractivity contribution >= 4 is 12.4 Å². The number of unbranched alkanes of at least 4 members (excludes halogenated alkanes) is 2. The molecular formula is C28H48O5. The zero-order valence-electron chi connectivity index (χ0n) is 21.0. The number of aliphatic hydroxyl groups is 1. The Balaban J connectivity index is 1.62. The Kier molecular flexibility index (Phi) is 13.8. The predicted octanol–water partition coefficient (Wildman–Crippen LogP) is 6.23. The summed E-state index contributed by atoms with van der Waals surface area (Å²) in [4.78, 5) is 22.4. The molecule has 0 saturated heterocycles. The summed E-state index contributed by atoms with van der Waals surface area (Å²) in [5, 5.41) is 9.00. The first-order chi connectivity index (χ1) is 16.0. The van der Waals surface area contributed by atoms with Crippen LogP contribution >= 0.6 is 0 Å². The average molecular weight is 465 g/mol. The van der Waals surface area contributed by atoms with Gasteiger partial charge in [0.1, 0.15) is 0 Å². The van der Waals surface area contributed by atoms with Crippen molar-refractivity contribution in [1.82, 2.24) is 0 Å². The Labute approximate surface area is 201 Å². The average Bonchev–Trinajstić information content (AvgIpc) is 2.85. The Bertz CT molecular complexity index is 559. The second-order valence-corrected chi connectivity index (χ2v) is 10.7. The molecule has 2 fully saturated rings. The molecule has 0 aromatic heterocycles. The topological polar surface area (TPSA) is 72.8 Å². The lowest BCUT2D eigenvalue weighted by atomic mass is 9.73. The first-order valence-electron chi connectivity index (χ1n) is 13.6. The molecule has 0 spiro atoms. The van der Waals surface area contributed by atoms with Crippen LogP contribution in [0.5, 0.6) is 0 Å². The van der Waals surface area contributed by atoms with Crippen molar-refractivity contribution in [1.29, 1.82) is 0 Å². The number of hydrogen-bond donors (Lipinski definition) is 1. The summed E-state index contributed by atoms with van der Waals surface area (Å²) in [7, 11) is 0. The van der Waals surface area contributed by atoms with Crippen LogP contribution in [0.25, 0.3) is 0 Å². The molecule has 2 saturated carbocycles. The Morgan fingerprint density at radius 1 is 0.909 bits per heavy atom. The fraction of sp³-hybridized carbons (Fsp3) is 0.857. The van der Waals surface area contributed by atoms with Crippen molar-refractivity contribution in [2.24, 2.45) is 29.6 Å². The SMILES string of the molecule is C=C(CO)C(=O)OCC(COC=O)CC1CCC(CCC2CCC(CCCCC)CC2)CC1. The van der Waals surface area contributed by atoms with E-state index in [-0.39, 0.29) is 24.7 Å². The lowest BCUT2D eigenvalue weighted by molar-refractivity contribution is -0.142. The van der Waals surface area contributed by atoms with Crippen molar-refractivity contribution in [2.45, 2.75) is 103 Å². The molecule has 0 amide bonds. The fourth-order valence-corrected chi connectivity index (χ4v) is 5.91. The van der Waals surface area contributed by atoms with Crippen molar-refractivity contribution < 1.29 is 24.2 Å². The largest absolute Gasteiger partial charge is 0.467 e. The van der Waals surface area contributed by atoms with Gasteiger partial charge in [-0.3, -0.25) is 4.79 Å². The molecular weight excluding hydrogens is 416 g/mol. The lowest BCUT2D eigenvalue weighted by Crippen LogP contribution is -2.25. The number of ether oxygens (including phenoxy) is 2. The summed E-state index contributed by atoms with van der Waals surface area (Å²) in [6.45, 7) is 6.31. The molecule has 0 heterocycles. The molecule has 1 atom stereocenters. The van der Waals surface area contributed by atoms with Gasteiger partial charge < -0.3 is 14.6 Å². The quantitative estimate of drug-likeness (QED) is 0.127. The normalized spacial score (nSPS) is 26.4. The summed E-state index contributed by atoms with van der Waals surface area (Å²) in [5.74, 6) is 2.84. The molecule has 5 nitrogen and oxygen atoms in total. The molecule has 0 bridgehead atoms. The van der Waals surface area contributed by atoms with Gasteiger partial charge in [0.15, 0.2) is 0 Å². The van der Waals surface area contributed by atoms with Crippen LogP contribution in [0.2, 0.25) is 0 Å². The van der Waals surface area contributed by atoms with Crippen molar-refractivity contribution in [3.8, 4) is 0 Å². The number of carbonyl (C=O) groups is 2. The molecule has 0 aromatic rings. The van der Waals surface area contributed by atoms with Crippen LogP contribution in [0.1, 0.15) is 103 Å². The summed E-state index contributed by atoms with van der Waals surface area (Å²) in [6, 6.07) is 0. The Morgan fingerprint density at radius 2 is 1.45 bits per heavy atom. The molecule has 2 rings (SSSR count). The fourth-order valence-electron chi connectivity index (χ4n) is 5.91. The van der Waals surface area contributed by atoms with E-state index >= 15 is 0 Å². The van der Waals surface area contributed by atoms with Gasteiger partial charge in [0, 0.05) is 5.92 Å². The van der Waals surface area contributed by atoms with E-state index in [0.717, 1.165) is 24.2 Å². The van der Waals surface area contributed by atoms with E-state index in [0.29, 0.717) is 12.4 Å². The van der Waals surface area contributed by atoms with Gasteiger partial charge in [-0.05, 0) is 30.1 Å². The molecule has 5 heteroatoms. The van der Waals surface area contributed by atoms with Crippen LogP contribution in [-0.4, -0.2) is 37.4 Å². The zero-order valence-corrected chi connectivity index (χ0v) is 21.0. The van der Waals surface area contributed by atoms with E-state index in [2.05, 4.69) is 13.5 Å². The van der Waals surface area contributed by atoms with E-state index in [1.807, 2.05) is 0 Å². The van der Waals surface area contributed by atoms with Crippen LogP contribution in [0.15, 0.2) is 12.2 Å². The highest BCUT2D eigenvalue weighted by molar-refractivity contribution is 5.87. The van der Waals surface area contributed by atoms with E-state index < -0.39 is 12.6 Å². The monoisotopic (exact) mass is 464 g/mol. The number of carbonyl (C=O) groups excluding carboxylic acids is 2. The molecule has 0 aromatic carbocycles. The van der Waals surface area contributed by atoms with Gasteiger partial charge >= 0.3 is 5.97 Å². The smallest absolute Gasteiger partial charge is 0.335 e. The van der Waals surface area contributed by atoms with Gasteiger partial charge in [0.05, 0.1) is 25.4 Å². The summed E-state index contributed by atoms with van der Waals surface area (Å²) < 4.78 is 10.2. The van der Waals surface area contributed by atoms with E-state index in [9.17, 15) is 9.59 Å². The van der Waals surface area contributed by atoms with E-state index in [1.165, 1.54) is 89.9 Å². The number of esters is 1.